The summed E-state index contributed by atoms with van der Waals surface area (Å²) >= 11 is 0. The van der Waals surface area contributed by atoms with Gasteiger partial charge in [0.15, 0.2) is 0 Å². The summed E-state index contributed by atoms with van der Waals surface area (Å²) in [5, 5.41) is 2.88. The van der Waals surface area contributed by atoms with E-state index in [1.807, 2.05) is 32.9 Å². The summed E-state index contributed by atoms with van der Waals surface area (Å²) in [7, 11) is -2.13. The van der Waals surface area contributed by atoms with Crippen LogP contribution in [0.4, 0.5) is 5.69 Å². The number of hydrogen-bond acceptors (Lipinski definition) is 4. The number of amides is 1. The number of sulfonamides is 1. The lowest BCUT2D eigenvalue weighted by atomic mass is 10.0. The third-order valence-corrected chi connectivity index (χ3v) is 5.44. The van der Waals surface area contributed by atoms with Gasteiger partial charge in [-0.05, 0) is 44.0 Å². The standard InChI is InChI=1S/C20H26N2O4S/c1-14-9-10-19(15(2)11-14)16(3)21-20(23)13-22(27(5,24)25)17-7-6-8-18(12-17)26-4/h6-12,16H,13H2,1-5H3,(H,21,23)/t16-/m1/s1. The van der Waals surface area contributed by atoms with Gasteiger partial charge in [-0.3, -0.25) is 9.10 Å². The van der Waals surface area contributed by atoms with Gasteiger partial charge in [-0.2, -0.15) is 0 Å². The van der Waals surface area contributed by atoms with E-state index in [2.05, 4.69) is 11.4 Å². The van der Waals surface area contributed by atoms with E-state index in [0.29, 0.717) is 11.4 Å². The molecule has 0 aliphatic carbocycles. The molecule has 0 aromatic heterocycles. The van der Waals surface area contributed by atoms with E-state index in [0.717, 1.165) is 27.3 Å². The molecule has 7 heteroatoms. The van der Waals surface area contributed by atoms with Crippen LogP contribution in [0.5, 0.6) is 5.75 Å². The van der Waals surface area contributed by atoms with E-state index in [4.69, 9.17) is 4.74 Å². The van der Waals surface area contributed by atoms with Crippen LogP contribution < -0.4 is 14.4 Å². The molecule has 1 atom stereocenters. The normalized spacial score (nSPS) is 12.3. The topological polar surface area (TPSA) is 75.7 Å². The molecule has 0 spiro atoms. The Balaban J connectivity index is 2.18. The van der Waals surface area contributed by atoms with Gasteiger partial charge in [-0.15, -0.1) is 0 Å². The van der Waals surface area contributed by atoms with Crippen molar-refractivity contribution >= 4 is 21.6 Å². The predicted molar refractivity (Wildman–Crippen MR) is 108 cm³/mol. The predicted octanol–water partition coefficient (Wildman–Crippen LogP) is 2.96. The number of nitrogens with one attached hydrogen (secondary N) is 1. The zero-order valence-electron chi connectivity index (χ0n) is 16.3. The highest BCUT2D eigenvalue weighted by atomic mass is 32.2. The number of rotatable bonds is 7. The van der Waals surface area contributed by atoms with Crippen molar-refractivity contribution in [1.29, 1.82) is 0 Å². The first kappa shape index (κ1) is 20.8. The molecule has 1 amide bonds. The third-order valence-electron chi connectivity index (χ3n) is 4.30. The first-order chi connectivity index (χ1) is 12.6. The van der Waals surface area contributed by atoms with E-state index in [1.165, 1.54) is 7.11 Å². The fourth-order valence-electron chi connectivity index (χ4n) is 2.97. The summed E-state index contributed by atoms with van der Waals surface area (Å²) in [5.41, 5.74) is 3.61. The van der Waals surface area contributed by atoms with Crippen LogP contribution in [-0.4, -0.2) is 34.2 Å². The van der Waals surface area contributed by atoms with Crippen molar-refractivity contribution in [3.63, 3.8) is 0 Å². The van der Waals surface area contributed by atoms with E-state index in [-0.39, 0.29) is 18.5 Å². The van der Waals surface area contributed by atoms with Gasteiger partial charge in [0.05, 0.1) is 25.1 Å². The summed E-state index contributed by atoms with van der Waals surface area (Å²) in [5.74, 6) is 0.140. The molecule has 0 aliphatic heterocycles. The quantitative estimate of drug-likeness (QED) is 0.789. The second kappa shape index (κ2) is 8.43. The molecule has 146 valence electrons. The summed E-state index contributed by atoms with van der Waals surface area (Å²) in [6.07, 6.45) is 1.08. The van der Waals surface area contributed by atoms with Gasteiger partial charge in [0, 0.05) is 6.07 Å². The molecule has 0 unspecified atom stereocenters. The number of benzene rings is 2. The van der Waals surface area contributed by atoms with Crippen molar-refractivity contribution in [3.8, 4) is 5.75 Å². The average molecular weight is 391 g/mol. The number of ether oxygens (including phenoxy) is 1. The summed E-state index contributed by atoms with van der Waals surface area (Å²) in [6, 6.07) is 12.4. The lowest BCUT2D eigenvalue weighted by Gasteiger charge is -2.24. The Bertz CT molecular complexity index is 925. The highest BCUT2D eigenvalue weighted by Gasteiger charge is 2.22. The van der Waals surface area contributed by atoms with E-state index >= 15 is 0 Å². The van der Waals surface area contributed by atoms with Crippen LogP contribution in [0.2, 0.25) is 0 Å². The van der Waals surface area contributed by atoms with Gasteiger partial charge in [-0.1, -0.05) is 29.8 Å². The van der Waals surface area contributed by atoms with E-state index < -0.39 is 10.0 Å². The number of methoxy groups -OCH3 is 1. The first-order valence-corrected chi connectivity index (χ1v) is 10.4. The summed E-state index contributed by atoms with van der Waals surface area (Å²) < 4.78 is 30.7. The second-order valence-electron chi connectivity index (χ2n) is 6.62. The van der Waals surface area contributed by atoms with Gasteiger partial charge < -0.3 is 10.1 Å². The van der Waals surface area contributed by atoms with Gasteiger partial charge in [0.25, 0.3) is 0 Å². The van der Waals surface area contributed by atoms with Crippen LogP contribution in [0.15, 0.2) is 42.5 Å². The summed E-state index contributed by atoms with van der Waals surface area (Å²) in [4.78, 5) is 12.5. The minimum atomic E-state index is -3.64. The van der Waals surface area contributed by atoms with E-state index in [9.17, 15) is 13.2 Å². The number of anilines is 1. The molecule has 6 nitrogen and oxygen atoms in total. The smallest absolute Gasteiger partial charge is 0.241 e. The maximum Gasteiger partial charge on any atom is 0.241 e. The molecule has 0 radical (unpaired) electrons. The zero-order valence-corrected chi connectivity index (χ0v) is 17.1. The number of carbonyl (C=O) groups excluding carboxylic acids is 1. The van der Waals surface area contributed by atoms with Crippen molar-refractivity contribution < 1.29 is 17.9 Å². The van der Waals surface area contributed by atoms with Crippen LogP contribution >= 0.6 is 0 Å². The molecular formula is C20H26N2O4S. The fraction of sp³-hybridized carbons (Fsp3) is 0.350. The molecule has 0 saturated carbocycles. The largest absolute Gasteiger partial charge is 0.497 e. The Morgan fingerprint density at radius 1 is 1.19 bits per heavy atom. The van der Waals surface area contributed by atoms with Gasteiger partial charge >= 0.3 is 0 Å². The summed E-state index contributed by atoms with van der Waals surface area (Å²) in [6.45, 7) is 5.58. The second-order valence-corrected chi connectivity index (χ2v) is 8.53. The van der Waals surface area contributed by atoms with Gasteiger partial charge in [0.1, 0.15) is 12.3 Å². The minimum Gasteiger partial charge on any atom is -0.497 e. The number of carbonyl (C=O) groups is 1. The minimum absolute atomic E-state index is 0.232. The highest BCUT2D eigenvalue weighted by molar-refractivity contribution is 7.92. The SMILES string of the molecule is COc1cccc(N(CC(=O)N[C@H](C)c2ccc(C)cc2C)S(C)(=O)=O)c1. The van der Waals surface area contributed by atoms with Crippen LogP contribution in [0.1, 0.15) is 29.7 Å². The molecule has 0 fully saturated rings. The lowest BCUT2D eigenvalue weighted by molar-refractivity contribution is -0.120. The number of nitrogens with zero attached hydrogens (tertiary/aromatic N) is 1. The molecule has 1 N–H and O–H groups in total. The van der Waals surface area contributed by atoms with Crippen molar-refractivity contribution in [2.24, 2.45) is 0 Å². The van der Waals surface area contributed by atoms with Gasteiger partial charge in [0.2, 0.25) is 15.9 Å². The maximum atomic E-state index is 12.5. The van der Waals surface area contributed by atoms with Crippen molar-refractivity contribution in [2.45, 2.75) is 26.8 Å². The number of hydrogen-bond donors (Lipinski definition) is 1. The molecule has 0 saturated heterocycles. The van der Waals surface area contributed by atoms with Crippen LogP contribution in [0, 0.1) is 13.8 Å². The Morgan fingerprint density at radius 2 is 1.89 bits per heavy atom. The van der Waals surface area contributed by atoms with Crippen molar-refractivity contribution in [2.75, 3.05) is 24.2 Å². The van der Waals surface area contributed by atoms with Crippen LogP contribution in [-0.2, 0) is 14.8 Å². The molecule has 0 bridgehead atoms. The fourth-order valence-corrected chi connectivity index (χ4v) is 3.82. The molecule has 2 aromatic rings. The Hall–Kier alpha value is -2.54. The highest BCUT2D eigenvalue weighted by Crippen LogP contribution is 2.23. The average Bonchev–Trinajstić information content (AvgIpc) is 2.58. The molecule has 0 heterocycles. The molecule has 27 heavy (non-hydrogen) atoms. The molecular weight excluding hydrogens is 364 g/mol. The Labute approximate surface area is 161 Å². The maximum absolute atomic E-state index is 12.5. The van der Waals surface area contributed by atoms with Crippen molar-refractivity contribution in [1.82, 2.24) is 5.32 Å². The zero-order chi connectivity index (χ0) is 20.2. The van der Waals surface area contributed by atoms with Crippen molar-refractivity contribution in [3.05, 3.63) is 59.2 Å². The number of aryl methyl sites for hydroxylation is 2. The van der Waals surface area contributed by atoms with Gasteiger partial charge in [-0.25, -0.2) is 8.42 Å². The Morgan fingerprint density at radius 3 is 2.48 bits per heavy atom. The third kappa shape index (κ3) is 5.47. The van der Waals surface area contributed by atoms with E-state index in [1.54, 1.807) is 24.3 Å². The van der Waals surface area contributed by atoms with Crippen LogP contribution in [0.25, 0.3) is 0 Å². The molecule has 2 aromatic carbocycles. The monoisotopic (exact) mass is 390 g/mol. The lowest BCUT2D eigenvalue weighted by Crippen LogP contribution is -2.41. The molecule has 0 aliphatic rings. The van der Waals surface area contributed by atoms with Crippen LogP contribution in [0.3, 0.4) is 0 Å². The first-order valence-electron chi connectivity index (χ1n) is 8.60. The Kier molecular flexibility index (Phi) is 6.49. The molecule has 2 rings (SSSR count).